The maximum Gasteiger partial charge on any atom is 0.116 e. The highest BCUT2D eigenvalue weighted by Gasteiger charge is 2.12. The molecule has 2 aromatic rings. The van der Waals surface area contributed by atoms with Gasteiger partial charge < -0.3 is 14.9 Å². The van der Waals surface area contributed by atoms with Crippen LogP contribution in [0.15, 0.2) is 36.4 Å². The molecule has 3 nitrogen and oxygen atoms in total. The zero-order valence-corrected chi connectivity index (χ0v) is 12.8. The summed E-state index contributed by atoms with van der Waals surface area (Å²) in [6, 6.07) is 12.1. The average molecular weight is 284 g/mol. The minimum absolute atomic E-state index is 0.338. The molecule has 0 aromatic heterocycles. The first-order valence-corrected chi connectivity index (χ1v) is 7.83. The summed E-state index contributed by atoms with van der Waals surface area (Å²) in [6.45, 7) is 5.99. The molecule has 0 aliphatic carbocycles. The van der Waals surface area contributed by atoms with Crippen LogP contribution in [0.5, 0.6) is 5.75 Å². The zero-order chi connectivity index (χ0) is 14.7. The Labute approximate surface area is 126 Å². The average Bonchev–Trinajstić information content (AvgIpc) is 2.49. The smallest absolute Gasteiger partial charge is 0.116 e. The molecule has 1 aliphatic heterocycles. The predicted molar refractivity (Wildman–Crippen MR) is 87.9 cm³/mol. The lowest BCUT2D eigenvalue weighted by molar-refractivity contribution is 0.153. The van der Waals surface area contributed by atoms with Crippen LogP contribution in [0.3, 0.4) is 0 Å². The van der Waals surface area contributed by atoms with Crippen molar-refractivity contribution < 1.29 is 5.11 Å². The van der Waals surface area contributed by atoms with Crippen LogP contribution in [0.2, 0.25) is 0 Å². The zero-order valence-electron chi connectivity index (χ0n) is 12.8. The monoisotopic (exact) mass is 284 g/mol. The highest BCUT2D eigenvalue weighted by Crippen LogP contribution is 2.21. The van der Waals surface area contributed by atoms with Crippen LogP contribution in [-0.2, 0) is 6.42 Å². The third-order valence-electron chi connectivity index (χ3n) is 4.42. The maximum absolute atomic E-state index is 9.49. The topological polar surface area (TPSA) is 26.7 Å². The Bertz CT molecular complexity index is 603. The Morgan fingerprint density at radius 3 is 2.48 bits per heavy atom. The Kier molecular flexibility index (Phi) is 4.42. The fraction of sp³-hybridized carbons (Fsp3) is 0.444. The Balaban J connectivity index is 1.54. The molecule has 1 fully saturated rings. The first-order chi connectivity index (χ1) is 10.2. The van der Waals surface area contributed by atoms with Crippen molar-refractivity contribution >= 4 is 10.8 Å². The molecular formula is C18H24N2O. The molecule has 1 saturated heterocycles. The van der Waals surface area contributed by atoms with Crippen molar-refractivity contribution in [1.29, 1.82) is 0 Å². The highest BCUT2D eigenvalue weighted by atomic mass is 16.3. The fourth-order valence-electron chi connectivity index (χ4n) is 3.02. The summed E-state index contributed by atoms with van der Waals surface area (Å²) in [5.74, 6) is 0.338. The number of piperazine rings is 1. The Hall–Kier alpha value is -1.58. The third-order valence-corrected chi connectivity index (χ3v) is 4.42. The Morgan fingerprint density at radius 1 is 0.952 bits per heavy atom. The summed E-state index contributed by atoms with van der Waals surface area (Å²) in [5.41, 5.74) is 1.39. The molecule has 2 aromatic carbocycles. The lowest BCUT2D eigenvalue weighted by Crippen LogP contribution is -2.44. The van der Waals surface area contributed by atoms with E-state index >= 15 is 0 Å². The van der Waals surface area contributed by atoms with Crippen LogP contribution in [0.1, 0.15) is 12.0 Å². The first-order valence-electron chi connectivity index (χ1n) is 7.83. The standard InChI is InChI=1S/C18H24N2O/c1-19-9-11-20(12-10-19)8-2-3-15-4-5-17-14-18(21)7-6-16(17)13-15/h4-7,13-14,21H,2-3,8-12H2,1H3. The van der Waals surface area contributed by atoms with Crippen LogP contribution in [0.25, 0.3) is 10.8 Å². The summed E-state index contributed by atoms with van der Waals surface area (Å²) >= 11 is 0. The van der Waals surface area contributed by atoms with E-state index in [-0.39, 0.29) is 0 Å². The van der Waals surface area contributed by atoms with Gasteiger partial charge in [-0.25, -0.2) is 0 Å². The van der Waals surface area contributed by atoms with Gasteiger partial charge in [-0.15, -0.1) is 0 Å². The van der Waals surface area contributed by atoms with Gasteiger partial charge in [-0.3, -0.25) is 0 Å². The summed E-state index contributed by atoms with van der Waals surface area (Å²) in [5, 5.41) is 11.8. The second kappa shape index (κ2) is 6.46. The second-order valence-electron chi connectivity index (χ2n) is 6.11. The van der Waals surface area contributed by atoms with Gasteiger partial charge in [0.25, 0.3) is 0 Å². The van der Waals surface area contributed by atoms with Gasteiger partial charge in [0.05, 0.1) is 0 Å². The molecule has 3 heteroatoms. The second-order valence-corrected chi connectivity index (χ2v) is 6.11. The van der Waals surface area contributed by atoms with Crippen molar-refractivity contribution in [1.82, 2.24) is 9.80 Å². The molecule has 0 bridgehead atoms. The number of nitrogens with zero attached hydrogens (tertiary/aromatic N) is 2. The number of likely N-dealkylation sites (N-methyl/N-ethyl adjacent to an activating group) is 1. The molecule has 0 atom stereocenters. The molecule has 3 rings (SSSR count). The molecule has 112 valence electrons. The van der Waals surface area contributed by atoms with E-state index in [0.717, 1.165) is 11.8 Å². The summed E-state index contributed by atoms with van der Waals surface area (Å²) in [7, 11) is 2.20. The number of phenols is 1. The van der Waals surface area contributed by atoms with E-state index in [2.05, 4.69) is 35.0 Å². The van der Waals surface area contributed by atoms with Crippen LogP contribution >= 0.6 is 0 Å². The van der Waals surface area contributed by atoms with Crippen LogP contribution in [0, 0.1) is 0 Å². The van der Waals surface area contributed by atoms with E-state index in [1.54, 1.807) is 6.07 Å². The fourth-order valence-corrected chi connectivity index (χ4v) is 3.02. The van der Waals surface area contributed by atoms with E-state index in [1.165, 1.54) is 50.1 Å². The molecule has 1 N–H and O–H groups in total. The van der Waals surface area contributed by atoms with E-state index in [9.17, 15) is 5.11 Å². The van der Waals surface area contributed by atoms with Gasteiger partial charge in [0.2, 0.25) is 0 Å². The van der Waals surface area contributed by atoms with E-state index in [4.69, 9.17) is 0 Å². The quantitative estimate of drug-likeness (QED) is 0.935. The normalized spacial score (nSPS) is 17.4. The largest absolute Gasteiger partial charge is 0.508 e. The van der Waals surface area contributed by atoms with Crippen molar-refractivity contribution in [3.8, 4) is 5.75 Å². The Morgan fingerprint density at radius 2 is 1.67 bits per heavy atom. The molecule has 1 heterocycles. The predicted octanol–water partition coefficient (Wildman–Crippen LogP) is 2.73. The molecule has 0 spiro atoms. The molecule has 0 amide bonds. The molecule has 0 unspecified atom stereocenters. The maximum atomic E-state index is 9.49. The van der Waals surface area contributed by atoms with Crippen molar-refractivity contribution in [3.05, 3.63) is 42.0 Å². The van der Waals surface area contributed by atoms with Gasteiger partial charge in [0.15, 0.2) is 0 Å². The van der Waals surface area contributed by atoms with Crippen LogP contribution < -0.4 is 0 Å². The lowest BCUT2D eigenvalue weighted by Gasteiger charge is -2.32. The SMILES string of the molecule is CN1CCN(CCCc2ccc3cc(O)ccc3c2)CC1. The molecule has 1 aliphatic rings. The summed E-state index contributed by atoms with van der Waals surface area (Å²) < 4.78 is 0. The molecule has 0 saturated carbocycles. The summed E-state index contributed by atoms with van der Waals surface area (Å²) in [6.07, 6.45) is 2.34. The van der Waals surface area contributed by atoms with Crippen molar-refractivity contribution in [2.24, 2.45) is 0 Å². The van der Waals surface area contributed by atoms with Crippen LogP contribution in [-0.4, -0.2) is 54.7 Å². The lowest BCUT2D eigenvalue weighted by atomic mass is 10.0. The van der Waals surface area contributed by atoms with Crippen molar-refractivity contribution in [3.63, 3.8) is 0 Å². The third kappa shape index (κ3) is 3.74. The first kappa shape index (κ1) is 14.4. The van der Waals surface area contributed by atoms with E-state index in [1.807, 2.05) is 12.1 Å². The van der Waals surface area contributed by atoms with Gasteiger partial charge in [-0.1, -0.05) is 24.3 Å². The number of benzene rings is 2. The summed E-state index contributed by atoms with van der Waals surface area (Å²) in [4.78, 5) is 4.97. The number of hydrogen-bond acceptors (Lipinski definition) is 3. The van der Waals surface area contributed by atoms with E-state index in [0.29, 0.717) is 5.75 Å². The molecule has 21 heavy (non-hydrogen) atoms. The number of rotatable bonds is 4. The van der Waals surface area contributed by atoms with Gasteiger partial charge in [-0.2, -0.15) is 0 Å². The van der Waals surface area contributed by atoms with E-state index < -0.39 is 0 Å². The van der Waals surface area contributed by atoms with Crippen LogP contribution in [0.4, 0.5) is 0 Å². The minimum Gasteiger partial charge on any atom is -0.508 e. The number of fused-ring (bicyclic) bond motifs is 1. The van der Waals surface area contributed by atoms with Gasteiger partial charge >= 0.3 is 0 Å². The molecular weight excluding hydrogens is 260 g/mol. The molecule has 0 radical (unpaired) electrons. The number of hydrogen-bond donors (Lipinski definition) is 1. The number of aromatic hydroxyl groups is 1. The van der Waals surface area contributed by atoms with Crippen molar-refractivity contribution in [2.75, 3.05) is 39.8 Å². The minimum atomic E-state index is 0.338. The van der Waals surface area contributed by atoms with Crippen molar-refractivity contribution in [2.45, 2.75) is 12.8 Å². The number of aryl methyl sites for hydroxylation is 1. The van der Waals surface area contributed by atoms with Gasteiger partial charge in [-0.05, 0) is 54.9 Å². The van der Waals surface area contributed by atoms with Gasteiger partial charge in [0.1, 0.15) is 5.75 Å². The highest BCUT2D eigenvalue weighted by molar-refractivity contribution is 5.84. The van der Waals surface area contributed by atoms with Gasteiger partial charge in [0, 0.05) is 26.2 Å². The number of phenolic OH excluding ortho intramolecular Hbond substituents is 1.